The summed E-state index contributed by atoms with van der Waals surface area (Å²) in [6.07, 6.45) is 1.61. The van der Waals surface area contributed by atoms with E-state index in [0.29, 0.717) is 0 Å². The van der Waals surface area contributed by atoms with Crippen LogP contribution >= 0.6 is 0 Å². The maximum Gasteiger partial charge on any atom is 0.223 e. The fourth-order valence-corrected chi connectivity index (χ4v) is 2.24. The summed E-state index contributed by atoms with van der Waals surface area (Å²) >= 11 is 0. The summed E-state index contributed by atoms with van der Waals surface area (Å²) in [4.78, 5) is 11.0. The van der Waals surface area contributed by atoms with E-state index >= 15 is 0 Å². The minimum atomic E-state index is -0.552. The fourth-order valence-electron chi connectivity index (χ4n) is 2.24. The van der Waals surface area contributed by atoms with Crippen LogP contribution < -0.4 is 5.73 Å². The highest BCUT2D eigenvalue weighted by Gasteiger charge is 2.50. The molecular weight excluding hydrogens is 170 g/mol. The first-order chi connectivity index (χ1) is 5.99. The number of nitrogens with two attached hydrogens (primary N) is 1. The number of ether oxygens (including phenoxy) is 2. The average molecular weight is 185 g/mol. The lowest BCUT2D eigenvalue weighted by Crippen LogP contribution is -2.34. The van der Waals surface area contributed by atoms with Crippen molar-refractivity contribution in [1.29, 1.82) is 0 Å². The summed E-state index contributed by atoms with van der Waals surface area (Å²) in [5.74, 6) is -0.982. The Balaban J connectivity index is 2.12. The quantitative estimate of drug-likeness (QED) is 0.643. The number of amides is 1. The highest BCUT2D eigenvalue weighted by Crippen LogP contribution is 2.41. The van der Waals surface area contributed by atoms with Gasteiger partial charge in [0.25, 0.3) is 0 Å². The monoisotopic (exact) mass is 185 g/mol. The van der Waals surface area contributed by atoms with Gasteiger partial charge in [0.15, 0.2) is 5.79 Å². The Bertz CT molecular complexity index is 239. The van der Waals surface area contributed by atoms with Crippen molar-refractivity contribution in [2.75, 3.05) is 0 Å². The first kappa shape index (κ1) is 8.97. The molecule has 0 bridgehead atoms. The van der Waals surface area contributed by atoms with E-state index in [-0.39, 0.29) is 24.0 Å². The third kappa shape index (κ3) is 1.44. The second kappa shape index (κ2) is 2.69. The van der Waals surface area contributed by atoms with Crippen LogP contribution in [0.1, 0.15) is 26.7 Å². The standard InChI is InChI=1S/C9H15NO3/c1-9(2)12-6-4-3-5(8(10)11)7(6)13-9/h5-7H,3-4H2,1-2H3,(H2,10,11). The summed E-state index contributed by atoms with van der Waals surface area (Å²) in [6.45, 7) is 3.73. The van der Waals surface area contributed by atoms with Crippen LogP contribution in [0, 0.1) is 5.92 Å². The average Bonchev–Trinajstić information content (AvgIpc) is 2.41. The molecule has 1 amide bonds. The third-order valence-corrected chi connectivity index (χ3v) is 2.75. The first-order valence-corrected chi connectivity index (χ1v) is 4.64. The van der Waals surface area contributed by atoms with Crippen molar-refractivity contribution in [3.05, 3.63) is 0 Å². The molecule has 0 aromatic carbocycles. The molecule has 0 spiro atoms. The Kier molecular flexibility index (Phi) is 1.85. The summed E-state index contributed by atoms with van der Waals surface area (Å²) in [6, 6.07) is 0. The smallest absolute Gasteiger partial charge is 0.223 e. The molecule has 2 aliphatic rings. The van der Waals surface area contributed by atoms with E-state index in [1.165, 1.54) is 0 Å². The number of hydrogen-bond donors (Lipinski definition) is 1. The third-order valence-electron chi connectivity index (χ3n) is 2.75. The molecule has 0 aromatic rings. The Morgan fingerprint density at radius 2 is 2.08 bits per heavy atom. The molecule has 4 heteroatoms. The molecule has 2 rings (SSSR count). The molecule has 13 heavy (non-hydrogen) atoms. The Labute approximate surface area is 77.4 Å². The first-order valence-electron chi connectivity index (χ1n) is 4.64. The van der Waals surface area contributed by atoms with E-state index in [2.05, 4.69) is 0 Å². The summed E-state index contributed by atoms with van der Waals surface area (Å²) in [5.41, 5.74) is 5.27. The van der Waals surface area contributed by atoms with Gasteiger partial charge in [0, 0.05) is 0 Å². The van der Waals surface area contributed by atoms with Crippen molar-refractivity contribution in [1.82, 2.24) is 0 Å². The lowest BCUT2D eigenvalue weighted by atomic mass is 10.1. The minimum absolute atomic E-state index is 0.0625. The molecule has 1 saturated heterocycles. The van der Waals surface area contributed by atoms with Crippen molar-refractivity contribution >= 4 is 5.91 Å². The lowest BCUT2D eigenvalue weighted by Gasteiger charge is -2.20. The summed E-state index contributed by atoms with van der Waals surface area (Å²) in [7, 11) is 0. The van der Waals surface area contributed by atoms with Crippen molar-refractivity contribution in [3.63, 3.8) is 0 Å². The molecule has 1 saturated carbocycles. The van der Waals surface area contributed by atoms with Crippen LogP contribution in [0.3, 0.4) is 0 Å². The van der Waals surface area contributed by atoms with Gasteiger partial charge in [0.05, 0.1) is 18.1 Å². The molecular formula is C9H15NO3. The van der Waals surface area contributed by atoms with E-state index in [1.54, 1.807) is 0 Å². The normalized spacial score (nSPS) is 41.8. The van der Waals surface area contributed by atoms with E-state index < -0.39 is 5.79 Å². The van der Waals surface area contributed by atoms with Crippen LogP contribution in [-0.4, -0.2) is 23.9 Å². The summed E-state index contributed by atoms with van der Waals surface area (Å²) < 4.78 is 11.2. The molecule has 3 unspecified atom stereocenters. The largest absolute Gasteiger partial charge is 0.369 e. The van der Waals surface area contributed by atoms with E-state index in [1.807, 2.05) is 13.8 Å². The number of rotatable bonds is 1. The zero-order valence-corrected chi connectivity index (χ0v) is 7.95. The van der Waals surface area contributed by atoms with Crippen LogP contribution in [0.4, 0.5) is 0 Å². The molecule has 1 aliphatic heterocycles. The molecule has 1 aliphatic carbocycles. The highest BCUT2D eigenvalue weighted by atomic mass is 16.8. The van der Waals surface area contributed by atoms with Crippen LogP contribution in [0.5, 0.6) is 0 Å². The van der Waals surface area contributed by atoms with Gasteiger partial charge in [-0.05, 0) is 26.7 Å². The van der Waals surface area contributed by atoms with E-state index in [4.69, 9.17) is 15.2 Å². The fraction of sp³-hybridized carbons (Fsp3) is 0.889. The molecule has 1 heterocycles. The van der Waals surface area contributed by atoms with Gasteiger partial charge >= 0.3 is 0 Å². The zero-order valence-electron chi connectivity index (χ0n) is 7.95. The van der Waals surface area contributed by atoms with Crippen molar-refractivity contribution < 1.29 is 14.3 Å². The Morgan fingerprint density at radius 1 is 1.38 bits per heavy atom. The maximum atomic E-state index is 11.0. The van der Waals surface area contributed by atoms with Gasteiger partial charge in [-0.25, -0.2) is 0 Å². The topological polar surface area (TPSA) is 61.5 Å². The van der Waals surface area contributed by atoms with Crippen molar-refractivity contribution in [2.45, 2.75) is 44.7 Å². The number of hydrogen-bond acceptors (Lipinski definition) is 3. The SMILES string of the molecule is CC1(C)OC2CCC(C(N)=O)C2O1. The molecule has 3 atom stereocenters. The van der Waals surface area contributed by atoms with Gasteiger partial charge in [-0.1, -0.05) is 0 Å². The van der Waals surface area contributed by atoms with Crippen LogP contribution in [0.15, 0.2) is 0 Å². The van der Waals surface area contributed by atoms with Gasteiger partial charge in [-0.3, -0.25) is 4.79 Å². The van der Waals surface area contributed by atoms with E-state index in [0.717, 1.165) is 12.8 Å². The number of fused-ring (bicyclic) bond motifs is 1. The Morgan fingerprint density at radius 3 is 2.69 bits per heavy atom. The van der Waals surface area contributed by atoms with Crippen LogP contribution in [0.2, 0.25) is 0 Å². The van der Waals surface area contributed by atoms with Gasteiger partial charge in [0.2, 0.25) is 5.91 Å². The minimum Gasteiger partial charge on any atom is -0.369 e. The number of carbonyl (C=O) groups excluding carboxylic acids is 1. The molecule has 74 valence electrons. The van der Waals surface area contributed by atoms with Gasteiger partial charge in [-0.2, -0.15) is 0 Å². The van der Waals surface area contributed by atoms with Gasteiger partial charge < -0.3 is 15.2 Å². The van der Waals surface area contributed by atoms with E-state index in [9.17, 15) is 4.79 Å². The van der Waals surface area contributed by atoms with Crippen LogP contribution in [0.25, 0.3) is 0 Å². The highest BCUT2D eigenvalue weighted by molar-refractivity contribution is 5.77. The Hall–Kier alpha value is -0.610. The zero-order chi connectivity index (χ0) is 9.64. The molecule has 0 radical (unpaired) electrons. The van der Waals surface area contributed by atoms with Crippen LogP contribution in [-0.2, 0) is 14.3 Å². The lowest BCUT2D eigenvalue weighted by molar-refractivity contribution is -0.158. The molecule has 0 aromatic heterocycles. The van der Waals surface area contributed by atoms with Crippen molar-refractivity contribution in [3.8, 4) is 0 Å². The molecule has 2 fully saturated rings. The van der Waals surface area contributed by atoms with Gasteiger partial charge in [0.1, 0.15) is 0 Å². The number of carbonyl (C=O) groups is 1. The predicted octanol–water partition coefficient (Wildman–Crippen LogP) is 0.402. The maximum absolute atomic E-state index is 11.0. The van der Waals surface area contributed by atoms with Gasteiger partial charge in [-0.15, -0.1) is 0 Å². The summed E-state index contributed by atoms with van der Waals surface area (Å²) in [5, 5.41) is 0. The predicted molar refractivity (Wildman–Crippen MR) is 45.7 cm³/mol. The molecule has 4 nitrogen and oxygen atoms in total. The second-order valence-electron chi connectivity index (χ2n) is 4.22. The second-order valence-corrected chi connectivity index (χ2v) is 4.22. The van der Waals surface area contributed by atoms with Crippen molar-refractivity contribution in [2.24, 2.45) is 11.7 Å². The number of primary amides is 1. The molecule has 2 N–H and O–H groups in total.